The normalized spacial score (nSPS) is 9.67. The van der Waals surface area contributed by atoms with Gasteiger partial charge in [-0.05, 0) is 24.1 Å². The molecule has 18 heavy (non-hydrogen) atoms. The first-order chi connectivity index (χ1) is 8.71. The van der Waals surface area contributed by atoms with Crippen molar-refractivity contribution in [3.05, 3.63) is 36.4 Å². The summed E-state index contributed by atoms with van der Waals surface area (Å²) in [4.78, 5) is 10.9. The zero-order chi connectivity index (χ0) is 13.4. The lowest BCUT2D eigenvalue weighted by Crippen LogP contribution is -2.18. The summed E-state index contributed by atoms with van der Waals surface area (Å²) in [6.07, 6.45) is 2.38. The van der Waals surface area contributed by atoms with E-state index in [0.29, 0.717) is 24.5 Å². The maximum Gasteiger partial charge on any atom is 0.243 e. The number of hydrogen-bond acceptors (Lipinski definition) is 4. The first-order valence-corrected chi connectivity index (χ1v) is 5.54. The maximum absolute atomic E-state index is 10.9. The molecule has 1 aromatic rings. The average Bonchev–Trinajstić information content (AvgIpc) is 2.42. The number of rotatable bonds is 7. The van der Waals surface area contributed by atoms with Crippen molar-refractivity contribution in [2.45, 2.75) is 12.8 Å². The molecule has 5 nitrogen and oxygen atoms in total. The van der Waals surface area contributed by atoms with Crippen LogP contribution in [0.5, 0.6) is 11.5 Å². The fourth-order valence-corrected chi connectivity index (χ4v) is 1.45. The molecule has 5 heteroatoms. The molecular weight excluding hydrogens is 234 g/mol. The van der Waals surface area contributed by atoms with Crippen LogP contribution in [-0.2, 0) is 11.2 Å². The summed E-state index contributed by atoms with van der Waals surface area (Å²) >= 11 is 0. The monoisotopic (exact) mass is 251 g/mol. The van der Waals surface area contributed by atoms with Crippen molar-refractivity contribution in [1.29, 1.82) is 0 Å². The Kier molecular flexibility index (Phi) is 5.73. The molecule has 0 bridgehead atoms. The van der Waals surface area contributed by atoms with Crippen molar-refractivity contribution in [2.24, 2.45) is 0 Å². The van der Waals surface area contributed by atoms with Gasteiger partial charge in [0, 0.05) is 6.42 Å². The largest absolute Gasteiger partial charge is 0.493 e. The van der Waals surface area contributed by atoms with Crippen LogP contribution in [0.15, 0.2) is 30.9 Å². The third kappa shape index (κ3) is 4.10. The Hall–Kier alpha value is -2.01. The van der Waals surface area contributed by atoms with E-state index in [1.165, 1.54) is 0 Å². The summed E-state index contributed by atoms with van der Waals surface area (Å²) in [5, 5.41) is 8.40. The van der Waals surface area contributed by atoms with E-state index < -0.39 is 5.91 Å². The Bertz CT molecular complexity index is 417. The number of hydrogen-bond donors (Lipinski definition) is 2. The highest BCUT2D eigenvalue weighted by Gasteiger charge is 2.07. The van der Waals surface area contributed by atoms with Crippen LogP contribution in [0.1, 0.15) is 12.0 Å². The predicted molar refractivity (Wildman–Crippen MR) is 66.9 cm³/mol. The van der Waals surface area contributed by atoms with Gasteiger partial charge in [-0.1, -0.05) is 18.7 Å². The number of methoxy groups -OCH3 is 1. The molecule has 0 aliphatic rings. The van der Waals surface area contributed by atoms with Gasteiger partial charge in [0.2, 0.25) is 5.91 Å². The van der Waals surface area contributed by atoms with Crippen LogP contribution in [-0.4, -0.2) is 24.8 Å². The van der Waals surface area contributed by atoms with Gasteiger partial charge in [-0.15, -0.1) is 0 Å². The van der Waals surface area contributed by atoms with E-state index in [9.17, 15) is 4.79 Å². The molecule has 0 saturated heterocycles. The van der Waals surface area contributed by atoms with Crippen molar-refractivity contribution in [3.8, 4) is 11.5 Å². The smallest absolute Gasteiger partial charge is 0.243 e. The quantitative estimate of drug-likeness (QED) is 0.439. The van der Waals surface area contributed by atoms with Gasteiger partial charge >= 0.3 is 0 Å². The highest BCUT2D eigenvalue weighted by molar-refractivity contribution is 5.74. The minimum atomic E-state index is -0.416. The highest BCUT2D eigenvalue weighted by Crippen LogP contribution is 2.28. The molecule has 0 atom stereocenters. The molecule has 1 rings (SSSR count). The van der Waals surface area contributed by atoms with Crippen molar-refractivity contribution < 1.29 is 19.5 Å². The third-order valence-electron chi connectivity index (χ3n) is 2.35. The number of amides is 1. The molecule has 0 fully saturated rings. The second-order valence-electron chi connectivity index (χ2n) is 3.62. The summed E-state index contributed by atoms with van der Waals surface area (Å²) in [6, 6.07) is 5.45. The Labute approximate surface area is 106 Å². The molecule has 0 radical (unpaired) electrons. The SMILES string of the molecule is C=CCOc1ccc(CCC(=O)NO)cc1OC. The minimum absolute atomic E-state index is 0.215. The molecule has 98 valence electrons. The molecule has 0 aliphatic carbocycles. The number of carbonyl (C=O) groups excluding carboxylic acids is 1. The van der Waals surface area contributed by atoms with Gasteiger partial charge in [0.15, 0.2) is 11.5 Å². The Morgan fingerprint density at radius 3 is 2.89 bits per heavy atom. The van der Waals surface area contributed by atoms with Crippen molar-refractivity contribution in [2.75, 3.05) is 13.7 Å². The molecule has 1 aromatic carbocycles. The number of aryl methyl sites for hydroxylation is 1. The van der Waals surface area contributed by atoms with Gasteiger partial charge in [-0.3, -0.25) is 10.0 Å². The van der Waals surface area contributed by atoms with E-state index in [-0.39, 0.29) is 6.42 Å². The van der Waals surface area contributed by atoms with Crippen LogP contribution >= 0.6 is 0 Å². The van der Waals surface area contributed by atoms with Gasteiger partial charge in [-0.2, -0.15) is 0 Å². The first-order valence-electron chi connectivity index (χ1n) is 5.54. The molecule has 0 aliphatic heterocycles. The number of hydroxylamine groups is 1. The van der Waals surface area contributed by atoms with E-state index in [1.54, 1.807) is 24.7 Å². The van der Waals surface area contributed by atoms with Crippen LogP contribution in [0.3, 0.4) is 0 Å². The van der Waals surface area contributed by atoms with Crippen molar-refractivity contribution in [1.82, 2.24) is 5.48 Å². The van der Waals surface area contributed by atoms with Crippen molar-refractivity contribution in [3.63, 3.8) is 0 Å². The summed E-state index contributed by atoms with van der Waals surface area (Å²) in [7, 11) is 1.56. The van der Waals surface area contributed by atoms with E-state index >= 15 is 0 Å². The zero-order valence-electron chi connectivity index (χ0n) is 10.3. The van der Waals surface area contributed by atoms with E-state index in [2.05, 4.69) is 6.58 Å². The van der Waals surface area contributed by atoms with Gasteiger partial charge in [-0.25, -0.2) is 5.48 Å². The van der Waals surface area contributed by atoms with Gasteiger partial charge in [0.05, 0.1) is 7.11 Å². The van der Waals surface area contributed by atoms with E-state index in [4.69, 9.17) is 14.7 Å². The van der Waals surface area contributed by atoms with Crippen molar-refractivity contribution >= 4 is 5.91 Å². The van der Waals surface area contributed by atoms with Crippen LogP contribution in [0, 0.1) is 0 Å². The summed E-state index contributed by atoms with van der Waals surface area (Å²) < 4.78 is 10.6. The predicted octanol–water partition coefficient (Wildman–Crippen LogP) is 1.70. The first kappa shape index (κ1) is 14.1. The molecular formula is C13H17NO4. The fraction of sp³-hybridized carbons (Fsp3) is 0.308. The number of benzene rings is 1. The second kappa shape index (κ2) is 7.34. The van der Waals surface area contributed by atoms with Gasteiger partial charge in [0.25, 0.3) is 0 Å². The van der Waals surface area contributed by atoms with Crippen LogP contribution < -0.4 is 15.0 Å². The highest BCUT2D eigenvalue weighted by atomic mass is 16.5. The standard InChI is InChI=1S/C13H17NO4/c1-3-8-18-11-6-4-10(9-12(11)17-2)5-7-13(15)14-16/h3-4,6,9,16H,1,5,7-8H2,2H3,(H,14,15). The molecule has 0 spiro atoms. The lowest BCUT2D eigenvalue weighted by atomic mass is 10.1. The number of nitrogens with one attached hydrogen (secondary N) is 1. The van der Waals surface area contributed by atoms with Gasteiger partial charge < -0.3 is 9.47 Å². The maximum atomic E-state index is 10.9. The summed E-state index contributed by atoms with van der Waals surface area (Å²) in [5.41, 5.74) is 2.53. The van der Waals surface area contributed by atoms with Crippen LogP contribution in [0.25, 0.3) is 0 Å². The zero-order valence-corrected chi connectivity index (χ0v) is 10.3. The topological polar surface area (TPSA) is 67.8 Å². The molecule has 1 amide bonds. The molecule has 0 aromatic heterocycles. The Morgan fingerprint density at radius 2 is 2.28 bits per heavy atom. The average molecular weight is 251 g/mol. The summed E-state index contributed by atoms with van der Waals surface area (Å²) in [6.45, 7) is 3.98. The fourth-order valence-electron chi connectivity index (χ4n) is 1.45. The second-order valence-corrected chi connectivity index (χ2v) is 3.62. The van der Waals surface area contributed by atoms with Crippen LogP contribution in [0.4, 0.5) is 0 Å². The number of carbonyl (C=O) groups is 1. The molecule has 0 unspecified atom stereocenters. The van der Waals surface area contributed by atoms with E-state index in [1.807, 2.05) is 12.1 Å². The van der Waals surface area contributed by atoms with Gasteiger partial charge in [0.1, 0.15) is 6.61 Å². The third-order valence-corrected chi connectivity index (χ3v) is 2.35. The molecule has 0 heterocycles. The summed E-state index contributed by atoms with van der Waals surface area (Å²) in [5.74, 6) is 0.826. The van der Waals surface area contributed by atoms with E-state index in [0.717, 1.165) is 5.56 Å². The lowest BCUT2D eigenvalue weighted by Gasteiger charge is -2.10. The minimum Gasteiger partial charge on any atom is -0.493 e. The lowest BCUT2D eigenvalue weighted by molar-refractivity contribution is -0.129. The Balaban J connectivity index is 2.71. The number of ether oxygens (including phenoxy) is 2. The Morgan fingerprint density at radius 1 is 1.50 bits per heavy atom. The molecule has 0 saturated carbocycles. The molecule has 2 N–H and O–H groups in total. The van der Waals surface area contributed by atoms with Crippen LogP contribution in [0.2, 0.25) is 0 Å².